The maximum absolute atomic E-state index is 6.18. The molecule has 2 rings (SSSR count). The van der Waals surface area contributed by atoms with Crippen LogP contribution in [0.15, 0.2) is 22.6 Å². The highest BCUT2D eigenvalue weighted by atomic mass is 35.5. The second kappa shape index (κ2) is 5.50. The molecule has 0 aliphatic rings. The maximum Gasteiger partial charge on any atom is 0.249 e. The molecule has 0 radical (unpaired) electrons. The summed E-state index contributed by atoms with van der Waals surface area (Å²) < 4.78 is 5.67. The van der Waals surface area contributed by atoms with E-state index in [4.69, 9.17) is 16.0 Å². The minimum absolute atomic E-state index is 0.0791. The molecule has 1 N–H and O–H groups in total. The van der Waals surface area contributed by atoms with E-state index in [0.29, 0.717) is 16.8 Å². The van der Waals surface area contributed by atoms with Gasteiger partial charge >= 0.3 is 0 Å². The fourth-order valence-electron chi connectivity index (χ4n) is 1.78. The van der Waals surface area contributed by atoms with E-state index in [1.54, 1.807) is 0 Å². The van der Waals surface area contributed by atoms with E-state index in [1.165, 1.54) is 0 Å². The molecule has 0 aliphatic carbocycles. The average molecular weight is 266 g/mol. The number of halogens is 1. The Kier molecular flexibility index (Phi) is 3.99. The van der Waals surface area contributed by atoms with Gasteiger partial charge in [-0.1, -0.05) is 24.6 Å². The molecule has 1 heterocycles. The summed E-state index contributed by atoms with van der Waals surface area (Å²) >= 11 is 6.18. The molecular weight excluding hydrogens is 250 g/mol. The van der Waals surface area contributed by atoms with Crippen LogP contribution in [0.1, 0.15) is 30.8 Å². The van der Waals surface area contributed by atoms with Gasteiger partial charge in [0.1, 0.15) is 0 Å². The molecular formula is C13H16ClN3O. The van der Waals surface area contributed by atoms with Gasteiger partial charge in [0.05, 0.1) is 16.6 Å². The first-order chi connectivity index (χ1) is 8.65. The number of hydrogen-bond acceptors (Lipinski definition) is 4. The lowest BCUT2D eigenvalue weighted by Gasteiger charge is -2.07. The Morgan fingerprint density at radius 2 is 2.17 bits per heavy atom. The number of aryl methyl sites for hydroxylation is 1. The fourth-order valence-corrected chi connectivity index (χ4v) is 2.10. The smallest absolute Gasteiger partial charge is 0.249 e. The number of nitrogens with zero attached hydrogens (tertiary/aromatic N) is 2. The highest BCUT2D eigenvalue weighted by Gasteiger charge is 2.17. The van der Waals surface area contributed by atoms with Crippen molar-refractivity contribution in [2.75, 3.05) is 7.05 Å². The number of hydrogen-bond donors (Lipinski definition) is 1. The van der Waals surface area contributed by atoms with Crippen molar-refractivity contribution >= 4 is 11.6 Å². The molecule has 1 unspecified atom stereocenters. The van der Waals surface area contributed by atoms with E-state index in [-0.39, 0.29) is 6.04 Å². The van der Waals surface area contributed by atoms with E-state index < -0.39 is 0 Å². The summed E-state index contributed by atoms with van der Waals surface area (Å²) in [6, 6.07) is 5.83. The van der Waals surface area contributed by atoms with Crippen LogP contribution in [0.3, 0.4) is 0 Å². The lowest BCUT2D eigenvalue weighted by Crippen LogP contribution is -2.15. The van der Waals surface area contributed by atoms with Crippen LogP contribution >= 0.6 is 11.6 Å². The van der Waals surface area contributed by atoms with Crippen LogP contribution in [0.5, 0.6) is 0 Å². The zero-order chi connectivity index (χ0) is 13.1. The van der Waals surface area contributed by atoms with E-state index in [0.717, 1.165) is 17.5 Å². The molecule has 1 atom stereocenters. The van der Waals surface area contributed by atoms with Crippen LogP contribution in [0.2, 0.25) is 5.02 Å². The summed E-state index contributed by atoms with van der Waals surface area (Å²) in [5.41, 5.74) is 1.87. The number of benzene rings is 1. The van der Waals surface area contributed by atoms with Gasteiger partial charge in [0, 0.05) is 0 Å². The minimum Gasteiger partial charge on any atom is -0.419 e. The maximum atomic E-state index is 6.18. The summed E-state index contributed by atoms with van der Waals surface area (Å²) in [5, 5.41) is 11.9. The monoisotopic (exact) mass is 265 g/mol. The summed E-state index contributed by atoms with van der Waals surface area (Å²) in [7, 11) is 1.87. The largest absolute Gasteiger partial charge is 0.419 e. The predicted molar refractivity (Wildman–Crippen MR) is 71.6 cm³/mol. The van der Waals surface area contributed by atoms with Gasteiger partial charge in [0.25, 0.3) is 0 Å². The summed E-state index contributed by atoms with van der Waals surface area (Å²) in [4.78, 5) is 0. The van der Waals surface area contributed by atoms with Crippen molar-refractivity contribution in [3.63, 3.8) is 0 Å². The molecule has 96 valence electrons. The third-order valence-electron chi connectivity index (χ3n) is 2.85. The van der Waals surface area contributed by atoms with Gasteiger partial charge in [-0.2, -0.15) is 0 Å². The van der Waals surface area contributed by atoms with Crippen LogP contribution in [0.4, 0.5) is 0 Å². The van der Waals surface area contributed by atoms with Crippen molar-refractivity contribution < 1.29 is 4.42 Å². The van der Waals surface area contributed by atoms with Crippen molar-refractivity contribution in [1.82, 2.24) is 15.5 Å². The quantitative estimate of drug-likeness (QED) is 0.921. The van der Waals surface area contributed by atoms with Crippen molar-refractivity contribution in [2.45, 2.75) is 26.3 Å². The normalized spacial score (nSPS) is 12.7. The number of nitrogens with one attached hydrogen (secondary N) is 1. The predicted octanol–water partition coefficient (Wildman–Crippen LogP) is 3.37. The summed E-state index contributed by atoms with van der Waals surface area (Å²) in [6.45, 7) is 4.05. The molecule has 5 heteroatoms. The van der Waals surface area contributed by atoms with Gasteiger partial charge in [0.2, 0.25) is 11.8 Å². The fraction of sp³-hybridized carbons (Fsp3) is 0.385. The van der Waals surface area contributed by atoms with Gasteiger partial charge in [-0.3, -0.25) is 0 Å². The average Bonchev–Trinajstić information content (AvgIpc) is 2.80. The number of rotatable bonds is 4. The molecule has 4 nitrogen and oxygen atoms in total. The Labute approximate surface area is 111 Å². The molecule has 0 saturated carbocycles. The molecule has 2 aromatic rings. The van der Waals surface area contributed by atoms with Crippen LogP contribution in [-0.4, -0.2) is 17.2 Å². The summed E-state index contributed by atoms with van der Waals surface area (Å²) in [5.74, 6) is 1.05. The third kappa shape index (κ3) is 2.54. The lowest BCUT2D eigenvalue weighted by atomic mass is 10.1. The molecule has 0 saturated heterocycles. The second-order valence-corrected chi connectivity index (χ2v) is 4.59. The molecule has 0 bridgehead atoms. The molecule has 18 heavy (non-hydrogen) atoms. The molecule has 1 aromatic heterocycles. The highest BCUT2D eigenvalue weighted by molar-refractivity contribution is 6.33. The molecule has 0 amide bonds. The molecule has 0 spiro atoms. The van der Waals surface area contributed by atoms with Crippen LogP contribution < -0.4 is 5.32 Å². The molecule has 1 aromatic carbocycles. The molecule has 0 aliphatic heterocycles. The van der Waals surface area contributed by atoms with E-state index in [9.17, 15) is 0 Å². The topological polar surface area (TPSA) is 51.0 Å². The number of aromatic nitrogens is 2. The standard InChI is InChI=1S/C13H16ClN3O/c1-4-11(15-3)13-17-16-12(18-13)9-6-5-8(2)7-10(9)14/h5-7,11,15H,4H2,1-3H3. The van der Waals surface area contributed by atoms with Gasteiger partial charge in [-0.05, 0) is 38.1 Å². The van der Waals surface area contributed by atoms with Gasteiger partial charge in [-0.25, -0.2) is 0 Å². The molecule has 0 fully saturated rings. The second-order valence-electron chi connectivity index (χ2n) is 4.18. The minimum atomic E-state index is 0.0791. The van der Waals surface area contributed by atoms with Crippen molar-refractivity contribution in [2.24, 2.45) is 0 Å². The van der Waals surface area contributed by atoms with Gasteiger partial charge < -0.3 is 9.73 Å². The van der Waals surface area contributed by atoms with E-state index >= 15 is 0 Å². The van der Waals surface area contributed by atoms with Crippen molar-refractivity contribution in [3.8, 4) is 11.5 Å². The van der Waals surface area contributed by atoms with Gasteiger partial charge in [-0.15, -0.1) is 10.2 Å². The Morgan fingerprint density at radius 3 is 2.78 bits per heavy atom. The Morgan fingerprint density at radius 1 is 1.39 bits per heavy atom. The Balaban J connectivity index is 2.34. The third-order valence-corrected chi connectivity index (χ3v) is 3.16. The van der Waals surface area contributed by atoms with Crippen molar-refractivity contribution in [3.05, 3.63) is 34.7 Å². The van der Waals surface area contributed by atoms with Crippen LogP contribution in [0.25, 0.3) is 11.5 Å². The van der Waals surface area contributed by atoms with Gasteiger partial charge in [0.15, 0.2) is 0 Å². The van der Waals surface area contributed by atoms with Crippen molar-refractivity contribution in [1.29, 1.82) is 0 Å². The lowest BCUT2D eigenvalue weighted by molar-refractivity contribution is 0.415. The zero-order valence-corrected chi connectivity index (χ0v) is 11.5. The van der Waals surface area contributed by atoms with E-state index in [1.807, 2.05) is 32.2 Å². The zero-order valence-electron chi connectivity index (χ0n) is 10.7. The Bertz CT molecular complexity index is 535. The Hall–Kier alpha value is -1.39. The summed E-state index contributed by atoms with van der Waals surface area (Å²) in [6.07, 6.45) is 0.889. The first kappa shape index (κ1) is 13.1. The first-order valence-electron chi connectivity index (χ1n) is 5.93. The van der Waals surface area contributed by atoms with Crippen LogP contribution in [0, 0.1) is 6.92 Å². The highest BCUT2D eigenvalue weighted by Crippen LogP contribution is 2.28. The SMILES string of the molecule is CCC(NC)c1nnc(-c2ccc(C)cc2Cl)o1. The van der Waals surface area contributed by atoms with E-state index in [2.05, 4.69) is 22.4 Å². The first-order valence-corrected chi connectivity index (χ1v) is 6.30. The van der Waals surface area contributed by atoms with Crippen LogP contribution in [-0.2, 0) is 0 Å².